The minimum atomic E-state index is 0.493. The summed E-state index contributed by atoms with van der Waals surface area (Å²) in [5, 5.41) is 11.3. The van der Waals surface area contributed by atoms with Crippen molar-refractivity contribution < 1.29 is 4.74 Å². The molecule has 0 aliphatic heterocycles. The van der Waals surface area contributed by atoms with Crippen LogP contribution in [-0.4, -0.2) is 22.3 Å². The number of aromatic nitrogens is 3. The minimum Gasteiger partial charge on any atom is -0.480 e. The second kappa shape index (κ2) is 5.11. The van der Waals surface area contributed by atoms with Crippen LogP contribution in [0.4, 0.5) is 0 Å². The highest BCUT2D eigenvalue weighted by Crippen LogP contribution is 2.36. The van der Waals surface area contributed by atoms with Gasteiger partial charge in [-0.25, -0.2) is 0 Å². The van der Waals surface area contributed by atoms with Crippen molar-refractivity contribution in [1.29, 1.82) is 0 Å². The van der Waals surface area contributed by atoms with E-state index in [1.165, 1.54) is 11.8 Å². The number of para-hydroxylation sites is 1. The molecule has 19 heavy (non-hydrogen) atoms. The number of nitrogens with one attached hydrogen (secondary N) is 1. The maximum Gasteiger partial charge on any atom is 0.233 e. The van der Waals surface area contributed by atoms with Gasteiger partial charge in [0.2, 0.25) is 5.88 Å². The Labute approximate surface area is 119 Å². The number of nitrogens with zero attached hydrogens (tertiary/aromatic N) is 2. The monoisotopic (exact) mass is 291 g/mol. The Hall–Kier alpha value is -1.72. The minimum absolute atomic E-state index is 0.493. The number of hydrogen-bond acceptors (Lipinski definition) is 4. The van der Waals surface area contributed by atoms with E-state index < -0.39 is 0 Å². The van der Waals surface area contributed by atoms with Gasteiger partial charge in [0.05, 0.1) is 17.2 Å². The molecule has 96 valence electrons. The summed E-state index contributed by atoms with van der Waals surface area (Å²) < 4.78 is 4.97. The van der Waals surface area contributed by atoms with Gasteiger partial charge in [-0.1, -0.05) is 29.8 Å². The van der Waals surface area contributed by atoms with E-state index in [1.807, 2.05) is 30.3 Å². The zero-order valence-corrected chi connectivity index (χ0v) is 11.6. The van der Waals surface area contributed by atoms with E-state index in [0.717, 1.165) is 21.0 Å². The van der Waals surface area contributed by atoms with Crippen molar-refractivity contribution in [2.45, 2.75) is 10.1 Å². The highest BCUT2D eigenvalue weighted by molar-refractivity contribution is 7.99. The number of benzene rings is 1. The van der Waals surface area contributed by atoms with Crippen molar-refractivity contribution in [2.75, 3.05) is 7.11 Å². The average Bonchev–Trinajstić information content (AvgIpc) is 2.77. The van der Waals surface area contributed by atoms with Gasteiger partial charge in [-0.15, -0.1) is 10.2 Å². The molecule has 0 amide bonds. The Balaban J connectivity index is 1.94. The van der Waals surface area contributed by atoms with Gasteiger partial charge in [-0.3, -0.25) is 0 Å². The highest BCUT2D eigenvalue weighted by Gasteiger charge is 2.11. The second-order valence-electron chi connectivity index (χ2n) is 3.83. The number of ether oxygens (including phenoxy) is 1. The summed E-state index contributed by atoms with van der Waals surface area (Å²) in [5.41, 5.74) is 1.01. The van der Waals surface area contributed by atoms with Crippen LogP contribution in [0, 0.1) is 0 Å². The lowest BCUT2D eigenvalue weighted by atomic mass is 10.2. The lowest BCUT2D eigenvalue weighted by Gasteiger charge is -2.00. The van der Waals surface area contributed by atoms with Crippen molar-refractivity contribution in [1.82, 2.24) is 15.2 Å². The van der Waals surface area contributed by atoms with Crippen LogP contribution < -0.4 is 4.74 Å². The lowest BCUT2D eigenvalue weighted by molar-refractivity contribution is 0.390. The SMILES string of the molecule is COc1ccc(Sc2[nH]c3ccccc3c2Cl)nn1. The van der Waals surface area contributed by atoms with Crippen molar-refractivity contribution in [3.05, 3.63) is 41.4 Å². The molecule has 2 aromatic heterocycles. The van der Waals surface area contributed by atoms with E-state index >= 15 is 0 Å². The number of hydrogen-bond donors (Lipinski definition) is 1. The molecule has 1 N–H and O–H groups in total. The Kier molecular flexibility index (Phi) is 3.31. The molecule has 0 saturated carbocycles. The van der Waals surface area contributed by atoms with Crippen molar-refractivity contribution >= 4 is 34.3 Å². The lowest BCUT2D eigenvalue weighted by Crippen LogP contribution is -1.90. The van der Waals surface area contributed by atoms with Crippen LogP contribution in [0.1, 0.15) is 0 Å². The van der Waals surface area contributed by atoms with Crippen LogP contribution in [0.5, 0.6) is 5.88 Å². The molecule has 0 atom stereocenters. The van der Waals surface area contributed by atoms with Gasteiger partial charge in [-0.2, -0.15) is 0 Å². The van der Waals surface area contributed by atoms with Crippen LogP contribution in [0.3, 0.4) is 0 Å². The molecule has 3 rings (SSSR count). The predicted molar refractivity (Wildman–Crippen MR) is 76.0 cm³/mol. The fourth-order valence-electron chi connectivity index (χ4n) is 1.73. The molecule has 4 nitrogen and oxygen atoms in total. The number of rotatable bonds is 3. The normalized spacial score (nSPS) is 10.8. The van der Waals surface area contributed by atoms with Gasteiger partial charge in [-0.05, 0) is 23.9 Å². The molecule has 0 saturated heterocycles. The van der Waals surface area contributed by atoms with E-state index in [0.29, 0.717) is 10.9 Å². The molecule has 0 aliphatic carbocycles. The third-order valence-corrected chi connectivity index (χ3v) is 4.08. The topological polar surface area (TPSA) is 50.8 Å². The van der Waals surface area contributed by atoms with Crippen LogP contribution in [0.25, 0.3) is 10.9 Å². The van der Waals surface area contributed by atoms with Gasteiger partial charge < -0.3 is 9.72 Å². The molecule has 0 spiro atoms. The number of aromatic amines is 1. The molecule has 2 heterocycles. The molecule has 0 fully saturated rings. The van der Waals surface area contributed by atoms with E-state index in [4.69, 9.17) is 16.3 Å². The predicted octanol–water partition coefficient (Wildman–Crippen LogP) is 3.77. The van der Waals surface area contributed by atoms with Crippen molar-refractivity contribution in [2.24, 2.45) is 0 Å². The van der Waals surface area contributed by atoms with E-state index in [2.05, 4.69) is 15.2 Å². The molecule has 0 bridgehead atoms. The summed E-state index contributed by atoms with van der Waals surface area (Å²) in [6, 6.07) is 11.5. The Morgan fingerprint density at radius 3 is 2.68 bits per heavy atom. The summed E-state index contributed by atoms with van der Waals surface area (Å²) in [4.78, 5) is 3.27. The first kappa shape index (κ1) is 12.3. The zero-order valence-electron chi connectivity index (χ0n) is 10.1. The van der Waals surface area contributed by atoms with Crippen LogP contribution in [0.2, 0.25) is 5.02 Å². The third kappa shape index (κ3) is 2.39. The third-order valence-electron chi connectivity index (χ3n) is 2.64. The zero-order chi connectivity index (χ0) is 13.2. The maximum atomic E-state index is 6.34. The number of H-pyrrole nitrogens is 1. The number of halogens is 1. The summed E-state index contributed by atoms with van der Waals surface area (Å²) in [6.07, 6.45) is 0. The van der Waals surface area contributed by atoms with Crippen LogP contribution in [-0.2, 0) is 0 Å². The Morgan fingerprint density at radius 2 is 2.00 bits per heavy atom. The Morgan fingerprint density at radius 1 is 1.16 bits per heavy atom. The molecule has 3 aromatic rings. The van der Waals surface area contributed by atoms with Gasteiger partial charge >= 0.3 is 0 Å². The molecule has 0 aliphatic rings. The standard InChI is InChI=1S/C13H10ClN3OS/c1-18-10-6-7-11(17-16-10)19-13-12(14)8-4-2-3-5-9(8)15-13/h2-7,15H,1H3. The molecule has 0 radical (unpaired) electrons. The van der Waals surface area contributed by atoms with Crippen molar-refractivity contribution in [3.63, 3.8) is 0 Å². The smallest absolute Gasteiger partial charge is 0.233 e. The number of fused-ring (bicyclic) bond motifs is 1. The largest absolute Gasteiger partial charge is 0.480 e. The van der Waals surface area contributed by atoms with Crippen LogP contribution in [0.15, 0.2) is 46.5 Å². The molecule has 6 heteroatoms. The fraction of sp³-hybridized carbons (Fsp3) is 0.0769. The first-order chi connectivity index (χ1) is 9.28. The highest BCUT2D eigenvalue weighted by atomic mass is 35.5. The summed E-state index contributed by atoms with van der Waals surface area (Å²) in [6.45, 7) is 0. The van der Waals surface area contributed by atoms with Crippen LogP contribution >= 0.6 is 23.4 Å². The van der Waals surface area contributed by atoms with Gasteiger partial charge in [0.15, 0.2) is 0 Å². The van der Waals surface area contributed by atoms with E-state index in [-0.39, 0.29) is 0 Å². The summed E-state index contributed by atoms with van der Waals surface area (Å²) in [7, 11) is 1.56. The maximum absolute atomic E-state index is 6.34. The molecular formula is C13H10ClN3OS. The average molecular weight is 292 g/mol. The van der Waals surface area contributed by atoms with Crippen molar-refractivity contribution in [3.8, 4) is 5.88 Å². The fourth-order valence-corrected chi connectivity index (χ4v) is 2.84. The van der Waals surface area contributed by atoms with Gasteiger partial charge in [0.1, 0.15) is 5.03 Å². The molecule has 0 unspecified atom stereocenters. The van der Waals surface area contributed by atoms with E-state index in [9.17, 15) is 0 Å². The first-order valence-electron chi connectivity index (χ1n) is 5.59. The molecular weight excluding hydrogens is 282 g/mol. The second-order valence-corrected chi connectivity index (χ2v) is 5.24. The Bertz CT molecular complexity index is 711. The first-order valence-corrected chi connectivity index (χ1v) is 6.79. The van der Waals surface area contributed by atoms with Gasteiger partial charge in [0.25, 0.3) is 0 Å². The summed E-state index contributed by atoms with van der Waals surface area (Å²) >= 11 is 7.78. The summed E-state index contributed by atoms with van der Waals surface area (Å²) in [5.74, 6) is 0.493. The molecule has 1 aromatic carbocycles. The quantitative estimate of drug-likeness (QED) is 0.798. The van der Waals surface area contributed by atoms with E-state index in [1.54, 1.807) is 13.2 Å². The van der Waals surface area contributed by atoms with Gasteiger partial charge in [0, 0.05) is 17.0 Å². The number of methoxy groups -OCH3 is 1.